The molecule has 5 aromatic rings. The van der Waals surface area contributed by atoms with Crippen molar-refractivity contribution in [3.05, 3.63) is 115 Å². The van der Waals surface area contributed by atoms with Gasteiger partial charge >= 0.3 is 0 Å². The van der Waals surface area contributed by atoms with Gasteiger partial charge in [-0.2, -0.15) is 0 Å². The largest absolute Gasteiger partial charge is 0.322 e. The number of sulfonamides is 1. The topological polar surface area (TPSA) is 93.1 Å². The fourth-order valence-corrected chi connectivity index (χ4v) is 4.69. The molecule has 0 atom stereocenters. The molecule has 0 unspecified atom stereocenters. The first-order valence-electron chi connectivity index (χ1n) is 10.5. The fraction of sp³-hybridized carbons (Fsp3) is 0. The molecule has 0 aliphatic rings. The number of fused-ring (bicyclic) bond motifs is 1. The van der Waals surface area contributed by atoms with E-state index in [1.165, 1.54) is 12.1 Å². The Morgan fingerprint density at radius 2 is 1.47 bits per heavy atom. The van der Waals surface area contributed by atoms with Gasteiger partial charge in [0.15, 0.2) is 0 Å². The molecule has 0 saturated heterocycles. The summed E-state index contributed by atoms with van der Waals surface area (Å²) in [5.41, 5.74) is 4.07. The summed E-state index contributed by atoms with van der Waals surface area (Å²) in [5.74, 6) is -0.301. The number of hydrogen-bond donors (Lipinski definition) is 2. The molecule has 4 aromatic carbocycles. The van der Waals surface area contributed by atoms with E-state index in [4.69, 9.17) is 0 Å². The zero-order chi connectivity index (χ0) is 23.5. The number of nitrogens with one attached hydrogen (secondary N) is 2. The van der Waals surface area contributed by atoms with Crippen LogP contribution < -0.4 is 10.0 Å². The minimum Gasteiger partial charge on any atom is -0.322 e. The van der Waals surface area contributed by atoms with Gasteiger partial charge in [-0.1, -0.05) is 36.4 Å². The third-order valence-electron chi connectivity index (χ3n) is 5.29. The maximum atomic E-state index is 12.8. The summed E-state index contributed by atoms with van der Waals surface area (Å²) in [7, 11) is -3.72. The van der Waals surface area contributed by atoms with E-state index in [1.807, 2.05) is 41.0 Å². The highest BCUT2D eigenvalue weighted by atomic mass is 32.2. The lowest BCUT2D eigenvalue weighted by Crippen LogP contribution is -2.14. The molecule has 0 fully saturated rings. The minimum atomic E-state index is -3.72. The summed E-state index contributed by atoms with van der Waals surface area (Å²) in [6.45, 7) is 0. The third kappa shape index (κ3) is 4.39. The van der Waals surface area contributed by atoms with Crippen LogP contribution in [0.5, 0.6) is 0 Å². The Labute approximate surface area is 196 Å². The minimum absolute atomic E-state index is 0.162. The standard InChI is InChI=1S/C26H20N4O3S/c31-26(19-13-15-22(16-14-19)30-18-27-24-11-4-5-12-25(24)30)28-20-7-6-8-21(17-20)29-34(32,33)23-9-2-1-3-10-23/h1-18,29H,(H,28,31). The van der Waals surface area contributed by atoms with E-state index in [2.05, 4.69) is 15.0 Å². The van der Waals surface area contributed by atoms with Gasteiger partial charge in [-0.15, -0.1) is 0 Å². The van der Waals surface area contributed by atoms with Gasteiger partial charge in [0.1, 0.15) is 6.33 Å². The molecule has 0 spiro atoms. The second-order valence-corrected chi connectivity index (χ2v) is 9.29. The summed E-state index contributed by atoms with van der Waals surface area (Å²) in [6, 6.07) is 29.7. The van der Waals surface area contributed by atoms with Crippen molar-refractivity contribution in [1.29, 1.82) is 0 Å². The van der Waals surface area contributed by atoms with Gasteiger partial charge in [0.25, 0.3) is 15.9 Å². The van der Waals surface area contributed by atoms with Gasteiger partial charge in [0.05, 0.1) is 21.6 Å². The molecule has 0 aliphatic carbocycles. The van der Waals surface area contributed by atoms with Crippen LogP contribution in [0.25, 0.3) is 16.7 Å². The van der Waals surface area contributed by atoms with Gasteiger partial charge in [-0.25, -0.2) is 13.4 Å². The third-order valence-corrected chi connectivity index (χ3v) is 6.68. The van der Waals surface area contributed by atoms with Crippen molar-refractivity contribution < 1.29 is 13.2 Å². The van der Waals surface area contributed by atoms with Crippen molar-refractivity contribution in [2.24, 2.45) is 0 Å². The first kappa shape index (κ1) is 21.4. The summed E-state index contributed by atoms with van der Waals surface area (Å²) in [6.07, 6.45) is 1.75. The lowest BCUT2D eigenvalue weighted by atomic mass is 10.2. The molecule has 0 radical (unpaired) electrons. The molecule has 0 saturated carbocycles. The molecule has 1 amide bonds. The number of aromatic nitrogens is 2. The normalized spacial score (nSPS) is 11.3. The lowest BCUT2D eigenvalue weighted by molar-refractivity contribution is 0.102. The number of hydrogen-bond acceptors (Lipinski definition) is 4. The monoisotopic (exact) mass is 468 g/mol. The Kier molecular flexibility index (Phi) is 5.57. The Morgan fingerprint density at radius 1 is 0.765 bits per heavy atom. The molecule has 2 N–H and O–H groups in total. The smallest absolute Gasteiger partial charge is 0.261 e. The molecule has 8 heteroatoms. The molecule has 1 aromatic heterocycles. The van der Waals surface area contributed by atoms with Crippen LogP contribution in [0.1, 0.15) is 10.4 Å². The number of amides is 1. The lowest BCUT2D eigenvalue weighted by Gasteiger charge is -2.11. The van der Waals surface area contributed by atoms with E-state index in [0.29, 0.717) is 16.9 Å². The van der Waals surface area contributed by atoms with Crippen molar-refractivity contribution >= 4 is 38.3 Å². The number of nitrogens with zero attached hydrogens (tertiary/aromatic N) is 2. The fourth-order valence-electron chi connectivity index (χ4n) is 3.62. The van der Waals surface area contributed by atoms with Crippen LogP contribution in [-0.4, -0.2) is 23.9 Å². The van der Waals surface area contributed by atoms with Crippen LogP contribution in [-0.2, 0) is 10.0 Å². The molecule has 0 bridgehead atoms. The summed E-state index contributed by atoms with van der Waals surface area (Å²) in [5, 5.41) is 2.82. The van der Waals surface area contributed by atoms with Gasteiger partial charge in [-0.3, -0.25) is 14.1 Å². The molecule has 34 heavy (non-hydrogen) atoms. The van der Waals surface area contributed by atoms with Crippen molar-refractivity contribution in [2.45, 2.75) is 4.90 Å². The van der Waals surface area contributed by atoms with E-state index in [0.717, 1.165) is 16.7 Å². The molecule has 7 nitrogen and oxygen atoms in total. The Morgan fingerprint density at radius 3 is 2.26 bits per heavy atom. The van der Waals surface area contributed by atoms with E-state index in [1.54, 1.807) is 60.9 Å². The summed E-state index contributed by atoms with van der Waals surface area (Å²) in [4.78, 5) is 17.3. The predicted molar refractivity (Wildman–Crippen MR) is 133 cm³/mol. The van der Waals surface area contributed by atoms with Gasteiger partial charge < -0.3 is 5.32 Å². The van der Waals surface area contributed by atoms with Crippen LogP contribution in [0.3, 0.4) is 0 Å². The molecule has 1 heterocycles. The van der Waals surface area contributed by atoms with Crippen molar-refractivity contribution in [3.8, 4) is 5.69 Å². The van der Waals surface area contributed by atoms with Crippen molar-refractivity contribution in [2.75, 3.05) is 10.0 Å². The number of carbonyl (C=O) groups is 1. The van der Waals surface area contributed by atoms with E-state index >= 15 is 0 Å². The highest BCUT2D eigenvalue weighted by molar-refractivity contribution is 7.92. The van der Waals surface area contributed by atoms with Crippen LogP contribution in [0.4, 0.5) is 11.4 Å². The maximum Gasteiger partial charge on any atom is 0.261 e. The van der Waals surface area contributed by atoms with Crippen molar-refractivity contribution in [3.63, 3.8) is 0 Å². The Bertz CT molecular complexity index is 1580. The maximum absolute atomic E-state index is 12.8. The van der Waals surface area contributed by atoms with E-state index < -0.39 is 10.0 Å². The summed E-state index contributed by atoms with van der Waals surface area (Å²) >= 11 is 0. The number of anilines is 2. The number of para-hydroxylation sites is 2. The van der Waals surface area contributed by atoms with E-state index in [9.17, 15) is 13.2 Å². The molecule has 168 valence electrons. The molecular formula is C26H20N4O3S. The van der Waals surface area contributed by atoms with Crippen LogP contribution in [0.15, 0.2) is 114 Å². The van der Waals surface area contributed by atoms with Gasteiger partial charge in [-0.05, 0) is 66.7 Å². The van der Waals surface area contributed by atoms with Crippen LogP contribution in [0, 0.1) is 0 Å². The SMILES string of the molecule is O=C(Nc1cccc(NS(=O)(=O)c2ccccc2)c1)c1ccc(-n2cnc3ccccc32)cc1. The second kappa shape index (κ2) is 8.84. The second-order valence-electron chi connectivity index (χ2n) is 7.60. The van der Waals surface area contributed by atoms with E-state index in [-0.39, 0.29) is 10.8 Å². The number of benzene rings is 4. The first-order chi connectivity index (χ1) is 16.5. The van der Waals surface area contributed by atoms with Crippen LogP contribution in [0.2, 0.25) is 0 Å². The number of carbonyl (C=O) groups excluding carboxylic acids is 1. The highest BCUT2D eigenvalue weighted by Crippen LogP contribution is 2.21. The average molecular weight is 469 g/mol. The Hall–Kier alpha value is -4.43. The number of imidazole rings is 1. The number of rotatable bonds is 6. The van der Waals surface area contributed by atoms with Crippen molar-refractivity contribution in [1.82, 2.24) is 9.55 Å². The first-order valence-corrected chi connectivity index (χ1v) is 12.0. The molecule has 0 aliphatic heterocycles. The quantitative estimate of drug-likeness (QED) is 0.364. The van der Waals surface area contributed by atoms with Gasteiger partial charge in [0.2, 0.25) is 0 Å². The average Bonchev–Trinajstić information content (AvgIpc) is 3.29. The zero-order valence-corrected chi connectivity index (χ0v) is 18.7. The predicted octanol–water partition coefficient (Wildman–Crippen LogP) is 5.08. The summed E-state index contributed by atoms with van der Waals surface area (Å²) < 4.78 is 29.6. The Balaban J connectivity index is 1.31. The molecule has 5 rings (SSSR count). The zero-order valence-electron chi connectivity index (χ0n) is 17.9. The van der Waals surface area contributed by atoms with Gasteiger partial charge in [0, 0.05) is 16.9 Å². The molecular weight excluding hydrogens is 448 g/mol. The highest BCUT2D eigenvalue weighted by Gasteiger charge is 2.14. The van der Waals surface area contributed by atoms with Crippen LogP contribution >= 0.6 is 0 Å².